The summed E-state index contributed by atoms with van der Waals surface area (Å²) in [5.41, 5.74) is 1.66. The second-order valence-electron chi connectivity index (χ2n) is 4.08. The number of allylic oxidation sites excluding steroid dienone is 1. The number of rotatable bonds is 2. The predicted molar refractivity (Wildman–Crippen MR) is 48.1 cm³/mol. The highest BCUT2D eigenvalue weighted by Crippen LogP contribution is 2.30. The average Bonchev–Trinajstić information content (AvgIpc) is 1.83. The normalized spacial score (nSPS) is 14.9. The molecule has 0 aliphatic carbocycles. The molecule has 0 amide bonds. The molecule has 10 heavy (non-hydrogen) atoms. The van der Waals surface area contributed by atoms with Gasteiger partial charge in [0.15, 0.2) is 0 Å². The maximum Gasteiger partial charge on any atom is -0.0173 e. The molecule has 0 saturated heterocycles. The third kappa shape index (κ3) is 2.55. The highest BCUT2D eigenvalue weighted by molar-refractivity contribution is 5.08. The Bertz CT molecular complexity index is 114. The van der Waals surface area contributed by atoms with Crippen LogP contribution in [0.2, 0.25) is 0 Å². The third-order valence-electron chi connectivity index (χ3n) is 2.17. The Labute approximate surface area is 65.3 Å². The molecule has 0 bridgehead atoms. The molecule has 0 heteroatoms. The minimum absolute atomic E-state index is 0.287. The summed E-state index contributed by atoms with van der Waals surface area (Å²) in [5, 5.41) is 0. The van der Waals surface area contributed by atoms with Gasteiger partial charge in [-0.2, -0.15) is 0 Å². The highest BCUT2D eigenvalue weighted by atomic mass is 14.2. The van der Waals surface area contributed by atoms with E-state index in [1.807, 2.05) is 0 Å². The summed E-state index contributed by atoms with van der Waals surface area (Å²) in [6, 6.07) is 0. The smallest absolute Gasteiger partial charge is 0.0173 e. The fourth-order valence-electron chi connectivity index (χ4n) is 0.986. The van der Waals surface area contributed by atoms with E-state index < -0.39 is 0 Å². The lowest BCUT2D eigenvalue weighted by Gasteiger charge is -2.26. The van der Waals surface area contributed by atoms with Gasteiger partial charge in [-0.25, -0.2) is 0 Å². The van der Waals surface area contributed by atoms with Crippen molar-refractivity contribution >= 4 is 0 Å². The summed E-state index contributed by atoms with van der Waals surface area (Å²) in [7, 11) is 0. The van der Waals surface area contributed by atoms with Gasteiger partial charge in [0, 0.05) is 0 Å². The molecule has 0 N–H and O–H groups in total. The van der Waals surface area contributed by atoms with Gasteiger partial charge < -0.3 is 0 Å². The SMILES string of the molecule is C=C([C@@H](C)CC)C(C)(C)C. The van der Waals surface area contributed by atoms with Crippen molar-refractivity contribution in [1.29, 1.82) is 0 Å². The Hall–Kier alpha value is -0.260. The van der Waals surface area contributed by atoms with E-state index in [0.717, 1.165) is 0 Å². The van der Waals surface area contributed by atoms with Crippen molar-refractivity contribution in [2.24, 2.45) is 11.3 Å². The summed E-state index contributed by atoms with van der Waals surface area (Å²) in [5.74, 6) is 0.667. The molecule has 0 aliphatic heterocycles. The zero-order chi connectivity index (χ0) is 8.36. The van der Waals surface area contributed by atoms with E-state index in [4.69, 9.17) is 0 Å². The van der Waals surface area contributed by atoms with E-state index in [9.17, 15) is 0 Å². The molecule has 0 radical (unpaired) electrons. The molecule has 0 aromatic carbocycles. The van der Waals surface area contributed by atoms with Crippen molar-refractivity contribution in [1.82, 2.24) is 0 Å². The molecule has 1 atom stereocenters. The minimum atomic E-state index is 0.287. The maximum atomic E-state index is 4.10. The van der Waals surface area contributed by atoms with Crippen LogP contribution in [0.3, 0.4) is 0 Å². The van der Waals surface area contributed by atoms with E-state index in [1.54, 1.807) is 0 Å². The van der Waals surface area contributed by atoms with Crippen LogP contribution in [0.25, 0.3) is 0 Å². The first kappa shape index (κ1) is 9.74. The Balaban J connectivity index is 4.09. The van der Waals surface area contributed by atoms with Crippen LogP contribution in [0.5, 0.6) is 0 Å². The largest absolute Gasteiger partial charge is 0.0991 e. The van der Waals surface area contributed by atoms with Crippen LogP contribution >= 0.6 is 0 Å². The summed E-state index contributed by atoms with van der Waals surface area (Å²) in [6.07, 6.45) is 1.20. The van der Waals surface area contributed by atoms with E-state index in [0.29, 0.717) is 5.92 Å². The second-order valence-corrected chi connectivity index (χ2v) is 4.08. The Morgan fingerprint density at radius 3 is 1.90 bits per heavy atom. The van der Waals surface area contributed by atoms with Crippen LogP contribution in [0, 0.1) is 11.3 Å². The lowest BCUT2D eigenvalue weighted by Crippen LogP contribution is -2.14. The summed E-state index contributed by atoms with van der Waals surface area (Å²) in [6.45, 7) is 15.2. The van der Waals surface area contributed by atoms with Crippen molar-refractivity contribution in [2.45, 2.75) is 41.0 Å². The average molecular weight is 140 g/mol. The van der Waals surface area contributed by atoms with E-state index in [2.05, 4.69) is 41.2 Å². The van der Waals surface area contributed by atoms with Crippen LogP contribution in [0.4, 0.5) is 0 Å². The van der Waals surface area contributed by atoms with Crippen molar-refractivity contribution < 1.29 is 0 Å². The molecule has 0 spiro atoms. The quantitative estimate of drug-likeness (QED) is 0.514. The zero-order valence-corrected chi connectivity index (χ0v) is 7.99. The van der Waals surface area contributed by atoms with Gasteiger partial charge in [0.25, 0.3) is 0 Å². The molecule has 0 aromatic heterocycles. The lowest BCUT2D eigenvalue weighted by atomic mass is 9.80. The summed E-state index contributed by atoms with van der Waals surface area (Å²) in [4.78, 5) is 0. The lowest BCUT2D eigenvalue weighted by molar-refractivity contribution is 0.431. The minimum Gasteiger partial charge on any atom is -0.0991 e. The molecule has 0 heterocycles. The van der Waals surface area contributed by atoms with Crippen LogP contribution in [0.15, 0.2) is 12.2 Å². The van der Waals surface area contributed by atoms with Crippen molar-refractivity contribution in [3.8, 4) is 0 Å². The molecule has 0 fully saturated rings. The van der Waals surface area contributed by atoms with Gasteiger partial charge in [-0.15, -0.1) is 0 Å². The molecule has 0 rings (SSSR count). The van der Waals surface area contributed by atoms with Gasteiger partial charge >= 0.3 is 0 Å². The first-order valence-electron chi connectivity index (χ1n) is 4.08. The molecule has 0 saturated carbocycles. The Kier molecular flexibility index (Phi) is 3.14. The van der Waals surface area contributed by atoms with E-state index in [1.165, 1.54) is 12.0 Å². The fourth-order valence-corrected chi connectivity index (χ4v) is 0.986. The molecule has 0 aromatic rings. The van der Waals surface area contributed by atoms with Gasteiger partial charge in [-0.1, -0.05) is 46.8 Å². The molecule has 0 aliphatic rings. The fraction of sp³-hybridized carbons (Fsp3) is 0.800. The number of hydrogen-bond donors (Lipinski definition) is 0. The molecular formula is C10H20. The Morgan fingerprint density at radius 1 is 1.40 bits per heavy atom. The van der Waals surface area contributed by atoms with E-state index in [-0.39, 0.29) is 5.41 Å². The van der Waals surface area contributed by atoms with Gasteiger partial charge in [-0.3, -0.25) is 0 Å². The topological polar surface area (TPSA) is 0 Å². The van der Waals surface area contributed by atoms with Crippen molar-refractivity contribution in [3.05, 3.63) is 12.2 Å². The molecule has 0 unspecified atom stereocenters. The summed E-state index contributed by atoms with van der Waals surface area (Å²) >= 11 is 0. The third-order valence-corrected chi connectivity index (χ3v) is 2.17. The summed E-state index contributed by atoms with van der Waals surface area (Å²) < 4.78 is 0. The first-order valence-corrected chi connectivity index (χ1v) is 4.08. The van der Waals surface area contributed by atoms with Crippen LogP contribution in [0.1, 0.15) is 41.0 Å². The van der Waals surface area contributed by atoms with Crippen molar-refractivity contribution in [3.63, 3.8) is 0 Å². The molecule has 0 nitrogen and oxygen atoms in total. The predicted octanol–water partition coefficient (Wildman–Crippen LogP) is 3.63. The first-order chi connectivity index (χ1) is 4.39. The maximum absolute atomic E-state index is 4.10. The van der Waals surface area contributed by atoms with E-state index >= 15 is 0 Å². The van der Waals surface area contributed by atoms with Gasteiger partial charge in [-0.05, 0) is 17.8 Å². The molecular weight excluding hydrogens is 120 g/mol. The monoisotopic (exact) mass is 140 g/mol. The molecule has 60 valence electrons. The number of hydrogen-bond acceptors (Lipinski definition) is 0. The highest BCUT2D eigenvalue weighted by Gasteiger charge is 2.18. The zero-order valence-electron chi connectivity index (χ0n) is 7.99. The van der Waals surface area contributed by atoms with Crippen LogP contribution in [-0.2, 0) is 0 Å². The van der Waals surface area contributed by atoms with Crippen LogP contribution < -0.4 is 0 Å². The van der Waals surface area contributed by atoms with Crippen LogP contribution in [-0.4, -0.2) is 0 Å². The Morgan fingerprint density at radius 2 is 1.80 bits per heavy atom. The van der Waals surface area contributed by atoms with Gasteiger partial charge in [0.2, 0.25) is 0 Å². The standard InChI is InChI=1S/C10H20/c1-7-8(2)9(3)10(4,5)6/h8H,3,7H2,1-2,4-6H3/t8-/m0/s1. The van der Waals surface area contributed by atoms with Crippen molar-refractivity contribution in [2.75, 3.05) is 0 Å². The van der Waals surface area contributed by atoms with Gasteiger partial charge in [0.1, 0.15) is 0 Å². The second kappa shape index (κ2) is 3.23. The van der Waals surface area contributed by atoms with Gasteiger partial charge in [0.05, 0.1) is 0 Å².